The van der Waals surface area contributed by atoms with E-state index in [-0.39, 0.29) is 18.5 Å². The maximum atomic E-state index is 12.1. The highest BCUT2D eigenvalue weighted by Gasteiger charge is 2.23. The van der Waals surface area contributed by atoms with Gasteiger partial charge in [-0.15, -0.1) is 0 Å². The van der Waals surface area contributed by atoms with Crippen molar-refractivity contribution in [3.05, 3.63) is 24.3 Å². The molecular weight excluding hydrogens is 354 g/mol. The Morgan fingerprint density at radius 3 is 1.96 bits per heavy atom. The molecule has 0 heterocycles. The van der Waals surface area contributed by atoms with Crippen LogP contribution >= 0.6 is 0 Å². The van der Waals surface area contributed by atoms with Crippen LogP contribution in [-0.4, -0.2) is 56.8 Å². The predicted octanol–water partition coefficient (Wildman–Crippen LogP) is 4.81. The van der Waals surface area contributed by atoms with Gasteiger partial charge in [0.05, 0.1) is 21.1 Å². The van der Waals surface area contributed by atoms with Crippen LogP contribution in [0.25, 0.3) is 0 Å². The number of nitrogens with zero attached hydrogens (tertiary/aromatic N) is 1. The molecule has 5 nitrogen and oxygen atoms in total. The number of likely N-dealkylation sites (N-methyl/N-ethyl adjacent to an activating group) is 1. The predicted molar refractivity (Wildman–Crippen MR) is 115 cm³/mol. The number of hydrogen-bond acceptors (Lipinski definition) is 4. The minimum absolute atomic E-state index is 0.122. The molecule has 1 atom stereocenters. The van der Waals surface area contributed by atoms with E-state index < -0.39 is 6.10 Å². The van der Waals surface area contributed by atoms with Gasteiger partial charge in [0.1, 0.15) is 13.2 Å². The highest BCUT2D eigenvalue weighted by molar-refractivity contribution is 5.70. The molecule has 1 unspecified atom stereocenters. The van der Waals surface area contributed by atoms with E-state index in [1.54, 1.807) is 0 Å². The largest absolute Gasteiger partial charge is 0.461 e. The third-order valence-corrected chi connectivity index (χ3v) is 3.99. The van der Waals surface area contributed by atoms with E-state index in [1.807, 2.05) is 27.2 Å². The fraction of sp³-hybridized carbons (Fsp3) is 0.739. The molecule has 0 radical (unpaired) electrons. The summed E-state index contributed by atoms with van der Waals surface area (Å²) in [7, 11) is 6.08. The maximum absolute atomic E-state index is 12.1. The van der Waals surface area contributed by atoms with Crippen LogP contribution in [0.1, 0.15) is 71.6 Å². The number of ether oxygens (including phenoxy) is 2. The molecule has 0 aromatic rings. The first kappa shape index (κ1) is 26.4. The van der Waals surface area contributed by atoms with Gasteiger partial charge in [-0.1, -0.05) is 51.0 Å². The molecular formula is C23H42NO4+. The van der Waals surface area contributed by atoms with E-state index in [4.69, 9.17) is 9.47 Å². The van der Waals surface area contributed by atoms with Crippen molar-refractivity contribution in [3.63, 3.8) is 0 Å². The van der Waals surface area contributed by atoms with E-state index in [0.29, 0.717) is 30.3 Å². The fourth-order valence-corrected chi connectivity index (χ4v) is 2.61. The van der Waals surface area contributed by atoms with Gasteiger partial charge in [0.15, 0.2) is 6.10 Å². The summed E-state index contributed by atoms with van der Waals surface area (Å²) in [6, 6.07) is 0. The number of rotatable bonds is 16. The molecule has 0 aliphatic carbocycles. The zero-order chi connectivity index (χ0) is 21.3. The third kappa shape index (κ3) is 17.8. The molecule has 162 valence electrons. The summed E-state index contributed by atoms with van der Waals surface area (Å²) in [5, 5.41) is 0. The van der Waals surface area contributed by atoms with Crippen molar-refractivity contribution in [2.45, 2.75) is 77.7 Å². The lowest BCUT2D eigenvalue weighted by Gasteiger charge is -2.28. The molecule has 0 spiro atoms. The van der Waals surface area contributed by atoms with Crippen molar-refractivity contribution < 1.29 is 23.5 Å². The van der Waals surface area contributed by atoms with E-state index in [1.165, 1.54) is 0 Å². The second-order valence-electron chi connectivity index (χ2n) is 8.22. The molecule has 0 amide bonds. The Morgan fingerprint density at radius 2 is 1.39 bits per heavy atom. The monoisotopic (exact) mass is 396 g/mol. The van der Waals surface area contributed by atoms with Gasteiger partial charge >= 0.3 is 11.9 Å². The van der Waals surface area contributed by atoms with Gasteiger partial charge in [0, 0.05) is 12.8 Å². The Hall–Kier alpha value is -1.62. The number of carbonyl (C=O) groups excluding carboxylic acids is 2. The van der Waals surface area contributed by atoms with E-state index in [0.717, 1.165) is 38.5 Å². The third-order valence-electron chi connectivity index (χ3n) is 3.99. The van der Waals surface area contributed by atoms with Crippen molar-refractivity contribution in [2.24, 2.45) is 0 Å². The maximum Gasteiger partial charge on any atom is 0.306 e. The Bertz CT molecular complexity index is 477. The van der Waals surface area contributed by atoms with Crippen LogP contribution in [-0.2, 0) is 19.1 Å². The quantitative estimate of drug-likeness (QED) is 0.163. The second kappa shape index (κ2) is 16.3. The van der Waals surface area contributed by atoms with Gasteiger partial charge in [-0.3, -0.25) is 9.59 Å². The number of quaternary nitrogens is 1. The van der Waals surface area contributed by atoms with Gasteiger partial charge in [0.2, 0.25) is 0 Å². The lowest BCUT2D eigenvalue weighted by atomic mass is 10.2. The fourth-order valence-electron chi connectivity index (χ4n) is 2.61. The van der Waals surface area contributed by atoms with Gasteiger partial charge in [0.25, 0.3) is 0 Å². The van der Waals surface area contributed by atoms with Gasteiger partial charge in [-0.05, 0) is 32.1 Å². The lowest BCUT2D eigenvalue weighted by Crippen LogP contribution is -2.45. The molecule has 0 saturated carbocycles. The van der Waals surface area contributed by atoms with Crippen molar-refractivity contribution in [3.8, 4) is 0 Å². The summed E-state index contributed by atoms with van der Waals surface area (Å²) in [5.74, 6) is -0.467. The summed E-state index contributed by atoms with van der Waals surface area (Å²) in [4.78, 5) is 24.1. The Labute approximate surface area is 172 Å². The Balaban J connectivity index is 4.30. The van der Waals surface area contributed by atoms with Crippen molar-refractivity contribution in [2.75, 3.05) is 34.3 Å². The van der Waals surface area contributed by atoms with Crippen LogP contribution in [0.2, 0.25) is 0 Å². The van der Waals surface area contributed by atoms with Gasteiger partial charge < -0.3 is 14.0 Å². The summed E-state index contributed by atoms with van der Waals surface area (Å²) in [6.45, 7) is 4.99. The van der Waals surface area contributed by atoms with Gasteiger partial charge in [-0.25, -0.2) is 0 Å². The lowest BCUT2D eigenvalue weighted by molar-refractivity contribution is -0.873. The van der Waals surface area contributed by atoms with Gasteiger partial charge in [-0.2, -0.15) is 0 Å². The van der Waals surface area contributed by atoms with E-state index in [9.17, 15) is 9.59 Å². The smallest absolute Gasteiger partial charge is 0.306 e. The highest BCUT2D eigenvalue weighted by atomic mass is 16.6. The topological polar surface area (TPSA) is 52.6 Å². The minimum Gasteiger partial charge on any atom is -0.461 e. The van der Waals surface area contributed by atoms with Crippen molar-refractivity contribution >= 4 is 11.9 Å². The van der Waals surface area contributed by atoms with Crippen LogP contribution in [0.15, 0.2) is 24.3 Å². The molecule has 0 N–H and O–H groups in total. The first-order chi connectivity index (χ1) is 13.3. The normalized spacial score (nSPS) is 13.2. The first-order valence-corrected chi connectivity index (χ1v) is 10.7. The zero-order valence-electron chi connectivity index (χ0n) is 18.7. The number of unbranched alkanes of at least 4 members (excludes halogenated alkanes) is 3. The van der Waals surface area contributed by atoms with Crippen LogP contribution in [0.5, 0.6) is 0 Å². The second-order valence-corrected chi connectivity index (χ2v) is 8.22. The number of esters is 2. The summed E-state index contributed by atoms with van der Waals surface area (Å²) >= 11 is 0. The molecule has 0 rings (SSSR count). The molecule has 0 saturated heterocycles. The van der Waals surface area contributed by atoms with E-state index in [2.05, 4.69) is 32.1 Å². The molecule has 0 aromatic carbocycles. The average Bonchev–Trinajstić information content (AvgIpc) is 2.61. The zero-order valence-corrected chi connectivity index (χ0v) is 18.7. The van der Waals surface area contributed by atoms with Crippen LogP contribution < -0.4 is 0 Å². The minimum atomic E-state index is -0.416. The molecule has 0 fully saturated rings. The molecule has 0 bridgehead atoms. The number of hydrogen-bond donors (Lipinski definition) is 0. The Morgan fingerprint density at radius 1 is 0.821 bits per heavy atom. The standard InChI is InChI=1S/C23H42NO4/c1-6-8-10-12-14-15-17-22(25)27-20-21(19-24(3,4)5)28-23(26)18-16-13-11-9-7-2/h10-13,21H,6-9,14-20H2,1-5H3/q+1/b12-10-,13-11-. The molecule has 0 aliphatic rings. The van der Waals surface area contributed by atoms with E-state index >= 15 is 0 Å². The molecule has 0 aromatic heterocycles. The van der Waals surface area contributed by atoms with Crippen LogP contribution in [0.3, 0.4) is 0 Å². The summed E-state index contributed by atoms with van der Waals surface area (Å²) < 4.78 is 11.6. The SMILES string of the molecule is CCC/C=C\CCCC(=O)OCC(C[N+](C)(C)C)OC(=O)CC/C=C\CCC. The number of allylic oxidation sites excluding steroid dienone is 4. The average molecular weight is 397 g/mol. The Kier molecular flexibility index (Phi) is 15.4. The molecule has 5 heteroatoms. The number of carbonyl (C=O) groups is 2. The van der Waals surface area contributed by atoms with Crippen LogP contribution in [0.4, 0.5) is 0 Å². The summed E-state index contributed by atoms with van der Waals surface area (Å²) in [5.41, 5.74) is 0. The van der Waals surface area contributed by atoms with Crippen molar-refractivity contribution in [1.82, 2.24) is 0 Å². The summed E-state index contributed by atoms with van der Waals surface area (Å²) in [6.07, 6.45) is 15.4. The molecule has 0 aliphatic heterocycles. The van der Waals surface area contributed by atoms with Crippen molar-refractivity contribution in [1.29, 1.82) is 0 Å². The molecule has 28 heavy (non-hydrogen) atoms. The first-order valence-electron chi connectivity index (χ1n) is 10.7. The van der Waals surface area contributed by atoms with Crippen LogP contribution in [0, 0.1) is 0 Å². The highest BCUT2D eigenvalue weighted by Crippen LogP contribution is 2.07.